The molecule has 2 aromatic rings. The van der Waals surface area contributed by atoms with Gasteiger partial charge in [-0.1, -0.05) is 66.8 Å². The van der Waals surface area contributed by atoms with Gasteiger partial charge in [0.15, 0.2) is 0 Å². The molecule has 0 atom stereocenters. The SMILES string of the molecule is [CH2-]CCP(c1ccccc1)c1ccccc1.[Pd]. The molecule has 17 heavy (non-hydrogen) atoms. The second kappa shape index (κ2) is 7.78. The molecule has 0 saturated heterocycles. The van der Waals surface area contributed by atoms with Crippen molar-refractivity contribution in [2.24, 2.45) is 0 Å². The summed E-state index contributed by atoms with van der Waals surface area (Å²) in [5, 5.41) is 2.90. The van der Waals surface area contributed by atoms with Crippen LogP contribution in [0.25, 0.3) is 0 Å². The third kappa shape index (κ3) is 4.04. The predicted molar refractivity (Wildman–Crippen MR) is 73.9 cm³/mol. The van der Waals surface area contributed by atoms with E-state index in [4.69, 9.17) is 0 Å². The van der Waals surface area contributed by atoms with Crippen molar-refractivity contribution in [3.8, 4) is 0 Å². The fourth-order valence-electron chi connectivity index (χ4n) is 1.78. The second-order valence-electron chi connectivity index (χ2n) is 3.68. The first-order valence-corrected chi connectivity index (χ1v) is 7.11. The van der Waals surface area contributed by atoms with Crippen LogP contribution in [0.3, 0.4) is 0 Å². The Kier molecular flexibility index (Phi) is 6.68. The van der Waals surface area contributed by atoms with Crippen LogP contribution in [0.4, 0.5) is 0 Å². The molecule has 0 fully saturated rings. The van der Waals surface area contributed by atoms with E-state index in [-0.39, 0.29) is 28.3 Å². The maximum absolute atomic E-state index is 3.99. The van der Waals surface area contributed by atoms with Crippen molar-refractivity contribution in [2.45, 2.75) is 6.42 Å². The molecule has 0 bridgehead atoms. The molecule has 0 amide bonds. The van der Waals surface area contributed by atoms with Crippen molar-refractivity contribution in [1.82, 2.24) is 0 Å². The molecule has 0 nitrogen and oxygen atoms in total. The van der Waals surface area contributed by atoms with E-state index in [1.165, 1.54) is 16.8 Å². The van der Waals surface area contributed by atoms with E-state index in [1.807, 2.05) is 0 Å². The third-order valence-corrected chi connectivity index (χ3v) is 5.12. The van der Waals surface area contributed by atoms with Crippen LogP contribution in [-0.2, 0) is 20.4 Å². The standard InChI is InChI=1S/C15H16P.Pd/c1-2-13-16(14-9-5-3-6-10-14)15-11-7-4-8-12-15;/h3-12H,1-2,13H2;/q-1;. The minimum atomic E-state index is -0.213. The van der Waals surface area contributed by atoms with Gasteiger partial charge in [0.05, 0.1) is 0 Å². The molecule has 0 N–H and O–H groups in total. The van der Waals surface area contributed by atoms with Gasteiger partial charge in [-0.05, 0) is 18.5 Å². The zero-order valence-corrected chi connectivity index (χ0v) is 12.1. The zero-order valence-electron chi connectivity index (χ0n) is 9.66. The minimum Gasteiger partial charge on any atom is -0.343 e. The van der Waals surface area contributed by atoms with Gasteiger partial charge in [-0.25, -0.2) is 0 Å². The molecule has 92 valence electrons. The van der Waals surface area contributed by atoms with E-state index in [0.29, 0.717) is 0 Å². The summed E-state index contributed by atoms with van der Waals surface area (Å²) in [6.07, 6.45) is 2.17. The van der Waals surface area contributed by atoms with E-state index in [0.717, 1.165) is 6.42 Å². The Bertz CT molecular complexity index is 374. The molecule has 0 spiro atoms. The summed E-state index contributed by atoms with van der Waals surface area (Å²) in [5.41, 5.74) is 0. The van der Waals surface area contributed by atoms with Gasteiger partial charge in [-0.2, -0.15) is 6.42 Å². The Morgan fingerprint density at radius 3 is 1.53 bits per heavy atom. The van der Waals surface area contributed by atoms with E-state index in [9.17, 15) is 0 Å². The summed E-state index contributed by atoms with van der Waals surface area (Å²) in [5.74, 6) is 0. The summed E-state index contributed by atoms with van der Waals surface area (Å²) in [4.78, 5) is 0. The van der Waals surface area contributed by atoms with Crippen LogP contribution in [-0.4, -0.2) is 6.16 Å². The number of benzene rings is 2. The van der Waals surface area contributed by atoms with Crippen molar-refractivity contribution in [1.29, 1.82) is 0 Å². The molecule has 0 saturated carbocycles. The zero-order chi connectivity index (χ0) is 11.2. The van der Waals surface area contributed by atoms with Crippen LogP contribution in [0.1, 0.15) is 6.42 Å². The molecule has 0 unspecified atom stereocenters. The first-order valence-electron chi connectivity index (χ1n) is 5.58. The van der Waals surface area contributed by atoms with Crippen LogP contribution in [0, 0.1) is 6.92 Å². The average molecular weight is 334 g/mol. The molecule has 0 aromatic heterocycles. The maximum atomic E-state index is 3.99. The molecule has 0 aliphatic rings. The Labute approximate surface area is 119 Å². The Balaban J connectivity index is 0.00000144. The van der Waals surface area contributed by atoms with Crippen LogP contribution in [0.2, 0.25) is 0 Å². The number of hydrogen-bond donors (Lipinski definition) is 0. The van der Waals surface area contributed by atoms with Crippen molar-refractivity contribution in [2.75, 3.05) is 6.16 Å². The fraction of sp³-hybridized carbons (Fsp3) is 0.133. The first-order chi connectivity index (χ1) is 7.92. The molecule has 2 heteroatoms. The molecular weight excluding hydrogens is 318 g/mol. The van der Waals surface area contributed by atoms with Gasteiger partial charge in [0.1, 0.15) is 0 Å². The largest absolute Gasteiger partial charge is 0.343 e. The number of rotatable bonds is 4. The van der Waals surface area contributed by atoms with Gasteiger partial charge in [-0.15, -0.1) is 0 Å². The molecular formula is C15H16PPd-. The monoisotopic (exact) mass is 333 g/mol. The van der Waals surface area contributed by atoms with Gasteiger partial charge < -0.3 is 6.92 Å². The Hall–Kier alpha value is -0.468. The Morgan fingerprint density at radius 1 is 0.765 bits per heavy atom. The van der Waals surface area contributed by atoms with Gasteiger partial charge in [0.2, 0.25) is 0 Å². The van der Waals surface area contributed by atoms with Gasteiger partial charge in [0.25, 0.3) is 0 Å². The molecule has 0 aliphatic carbocycles. The van der Waals surface area contributed by atoms with Crippen molar-refractivity contribution < 1.29 is 20.4 Å². The molecule has 0 aliphatic heterocycles. The maximum Gasteiger partial charge on any atom is 0 e. The molecule has 2 rings (SSSR count). The second-order valence-corrected chi connectivity index (χ2v) is 6.01. The molecule has 0 radical (unpaired) electrons. The molecule has 2 aromatic carbocycles. The topological polar surface area (TPSA) is 0 Å². The van der Waals surface area contributed by atoms with Crippen LogP contribution in [0.15, 0.2) is 60.7 Å². The normalized spacial score (nSPS) is 10.0. The summed E-state index contributed by atoms with van der Waals surface area (Å²) < 4.78 is 0. The van der Waals surface area contributed by atoms with E-state index in [1.54, 1.807) is 0 Å². The fourth-order valence-corrected chi connectivity index (χ4v) is 3.98. The first kappa shape index (κ1) is 14.6. The summed E-state index contributed by atoms with van der Waals surface area (Å²) in [7, 11) is -0.213. The van der Waals surface area contributed by atoms with Crippen molar-refractivity contribution in [3.63, 3.8) is 0 Å². The predicted octanol–water partition coefficient (Wildman–Crippen LogP) is 3.34. The number of hydrogen-bond acceptors (Lipinski definition) is 0. The van der Waals surface area contributed by atoms with Gasteiger partial charge >= 0.3 is 0 Å². The summed E-state index contributed by atoms with van der Waals surface area (Å²) >= 11 is 0. The Morgan fingerprint density at radius 2 is 1.18 bits per heavy atom. The molecule has 0 heterocycles. The van der Waals surface area contributed by atoms with Crippen LogP contribution >= 0.6 is 7.92 Å². The van der Waals surface area contributed by atoms with E-state index in [2.05, 4.69) is 67.6 Å². The average Bonchev–Trinajstić information content (AvgIpc) is 2.38. The van der Waals surface area contributed by atoms with Gasteiger partial charge in [0, 0.05) is 20.4 Å². The van der Waals surface area contributed by atoms with E-state index < -0.39 is 0 Å². The van der Waals surface area contributed by atoms with Crippen LogP contribution in [0.5, 0.6) is 0 Å². The van der Waals surface area contributed by atoms with Gasteiger partial charge in [-0.3, -0.25) is 0 Å². The summed E-state index contributed by atoms with van der Waals surface area (Å²) in [6, 6.07) is 21.6. The van der Waals surface area contributed by atoms with Crippen LogP contribution < -0.4 is 10.6 Å². The quantitative estimate of drug-likeness (QED) is 0.457. The minimum absolute atomic E-state index is 0. The third-order valence-electron chi connectivity index (χ3n) is 2.52. The van der Waals surface area contributed by atoms with Crippen molar-refractivity contribution in [3.05, 3.63) is 67.6 Å². The smallest absolute Gasteiger partial charge is 0 e. The van der Waals surface area contributed by atoms with E-state index >= 15 is 0 Å². The van der Waals surface area contributed by atoms with Crippen molar-refractivity contribution >= 4 is 18.5 Å². The summed E-state index contributed by atoms with van der Waals surface area (Å²) in [6.45, 7) is 3.99.